The fourth-order valence-corrected chi connectivity index (χ4v) is 5.40. The molecule has 1 amide bonds. The highest BCUT2D eigenvalue weighted by Crippen LogP contribution is 2.33. The minimum absolute atomic E-state index is 0.154. The Hall–Kier alpha value is -2.36. The monoisotopic (exact) mass is 465 g/mol. The van der Waals surface area contributed by atoms with Crippen molar-refractivity contribution < 1.29 is 14.3 Å². The molecule has 0 saturated heterocycles. The zero-order chi connectivity index (χ0) is 24.4. The van der Waals surface area contributed by atoms with E-state index in [1.807, 2.05) is 37.3 Å². The van der Waals surface area contributed by atoms with Gasteiger partial charge in [-0.15, -0.1) is 0 Å². The third-order valence-corrected chi connectivity index (χ3v) is 7.87. The molecule has 1 fully saturated rings. The Morgan fingerprint density at radius 3 is 2.50 bits per heavy atom. The van der Waals surface area contributed by atoms with Gasteiger partial charge in [0, 0.05) is 17.3 Å². The molecule has 0 spiro atoms. The quantitative estimate of drug-likeness (QED) is 0.312. The minimum atomic E-state index is -0.496. The number of carbonyl (C=O) groups excluding carboxylic acids is 2. The van der Waals surface area contributed by atoms with Crippen LogP contribution in [-0.2, 0) is 4.79 Å². The molecule has 2 aromatic rings. The maximum Gasteiger partial charge on any atom is 0.255 e. The number of ketones is 1. The summed E-state index contributed by atoms with van der Waals surface area (Å²) in [6, 6.07) is 11.9. The number of Topliss-reactive ketones (excluding diaryl/α,β-unsaturated/α-hetero) is 1. The van der Waals surface area contributed by atoms with Gasteiger partial charge in [0.05, 0.1) is 12.2 Å². The zero-order valence-electron chi connectivity index (χ0n) is 21.5. The average Bonchev–Trinajstić information content (AvgIpc) is 2.87. The van der Waals surface area contributed by atoms with Crippen LogP contribution in [0.3, 0.4) is 0 Å². The van der Waals surface area contributed by atoms with E-state index < -0.39 is 5.41 Å². The molecule has 1 aliphatic rings. The van der Waals surface area contributed by atoms with Crippen LogP contribution < -0.4 is 10.1 Å². The van der Waals surface area contributed by atoms with E-state index in [1.165, 1.54) is 38.5 Å². The highest BCUT2D eigenvalue weighted by atomic mass is 16.5. The van der Waals surface area contributed by atoms with Crippen LogP contribution in [0.25, 0.3) is 10.8 Å². The Bertz CT molecular complexity index is 947. The number of rotatable bonds is 13. The normalized spacial score (nSPS) is 16.2. The number of benzene rings is 2. The fraction of sp³-hybridized carbons (Fsp3) is 0.600. The van der Waals surface area contributed by atoms with Crippen molar-refractivity contribution >= 4 is 22.5 Å². The number of ether oxygens (including phenoxy) is 1. The summed E-state index contributed by atoms with van der Waals surface area (Å²) < 4.78 is 6.31. The summed E-state index contributed by atoms with van der Waals surface area (Å²) in [5.74, 6) is 1.48. The number of hydrogen-bond acceptors (Lipinski definition) is 3. The van der Waals surface area contributed by atoms with Crippen molar-refractivity contribution in [1.82, 2.24) is 5.32 Å². The van der Waals surface area contributed by atoms with Gasteiger partial charge in [0.2, 0.25) is 0 Å². The maximum absolute atomic E-state index is 13.3. The lowest BCUT2D eigenvalue weighted by atomic mass is 9.76. The van der Waals surface area contributed by atoms with Gasteiger partial charge in [0.15, 0.2) is 0 Å². The Morgan fingerprint density at radius 2 is 1.79 bits per heavy atom. The van der Waals surface area contributed by atoms with Gasteiger partial charge in [-0.25, -0.2) is 0 Å². The van der Waals surface area contributed by atoms with E-state index in [2.05, 4.69) is 18.3 Å². The summed E-state index contributed by atoms with van der Waals surface area (Å²) in [5.41, 5.74) is 0.0594. The maximum atomic E-state index is 13.3. The standard InChI is InChI=1S/C30H43NO3/c1-4-6-20-30(5-2,23(3)32)22-31-29(33)27-19-18-25-16-10-11-17-26(25)28(27)34-21-12-15-24-13-8-7-9-14-24/h10-11,16-19,24H,4-9,12-15,20-22H2,1-3H3,(H,31,33). The molecule has 0 heterocycles. The van der Waals surface area contributed by atoms with Gasteiger partial charge < -0.3 is 10.1 Å². The van der Waals surface area contributed by atoms with Crippen LogP contribution in [0.2, 0.25) is 0 Å². The van der Waals surface area contributed by atoms with Crippen molar-refractivity contribution in [2.75, 3.05) is 13.2 Å². The molecule has 1 N–H and O–H groups in total. The second-order valence-electron chi connectivity index (χ2n) is 10.1. The van der Waals surface area contributed by atoms with Gasteiger partial charge in [-0.1, -0.05) is 89.1 Å². The van der Waals surface area contributed by atoms with Gasteiger partial charge in [-0.05, 0) is 50.0 Å². The van der Waals surface area contributed by atoms with Crippen molar-refractivity contribution in [1.29, 1.82) is 0 Å². The average molecular weight is 466 g/mol. The number of fused-ring (bicyclic) bond motifs is 1. The predicted octanol–water partition coefficient (Wildman–Crippen LogP) is 7.48. The predicted molar refractivity (Wildman–Crippen MR) is 141 cm³/mol. The molecule has 4 heteroatoms. The van der Waals surface area contributed by atoms with Crippen LogP contribution >= 0.6 is 0 Å². The Kier molecular flexibility index (Phi) is 9.98. The van der Waals surface area contributed by atoms with E-state index in [9.17, 15) is 9.59 Å². The first-order chi connectivity index (χ1) is 16.5. The molecule has 0 radical (unpaired) electrons. The molecule has 1 aliphatic carbocycles. The molecule has 3 rings (SSSR count). The molecule has 1 atom stereocenters. The van der Waals surface area contributed by atoms with Gasteiger partial charge in [-0.3, -0.25) is 9.59 Å². The number of carbonyl (C=O) groups is 2. The van der Waals surface area contributed by atoms with Gasteiger partial charge >= 0.3 is 0 Å². The summed E-state index contributed by atoms with van der Waals surface area (Å²) in [7, 11) is 0. The van der Waals surface area contributed by atoms with Gasteiger partial charge in [0.25, 0.3) is 5.91 Å². The van der Waals surface area contributed by atoms with Crippen molar-refractivity contribution in [3.63, 3.8) is 0 Å². The summed E-state index contributed by atoms with van der Waals surface area (Å²) in [6.45, 7) is 6.81. The fourth-order valence-electron chi connectivity index (χ4n) is 5.40. The summed E-state index contributed by atoms with van der Waals surface area (Å²) >= 11 is 0. The zero-order valence-corrected chi connectivity index (χ0v) is 21.5. The number of amides is 1. The third-order valence-electron chi connectivity index (χ3n) is 7.87. The van der Waals surface area contributed by atoms with Crippen molar-refractivity contribution in [2.24, 2.45) is 11.3 Å². The molecule has 2 aromatic carbocycles. The summed E-state index contributed by atoms with van der Waals surface area (Å²) in [5, 5.41) is 5.12. The van der Waals surface area contributed by atoms with Crippen molar-refractivity contribution in [3.05, 3.63) is 42.0 Å². The number of hydrogen-bond donors (Lipinski definition) is 1. The Morgan fingerprint density at radius 1 is 1.03 bits per heavy atom. The first kappa shape index (κ1) is 26.2. The van der Waals surface area contributed by atoms with Crippen LogP contribution in [0.4, 0.5) is 0 Å². The largest absolute Gasteiger partial charge is 0.492 e. The van der Waals surface area contributed by atoms with Crippen LogP contribution in [0.5, 0.6) is 5.75 Å². The lowest BCUT2D eigenvalue weighted by Gasteiger charge is -2.30. The third kappa shape index (κ3) is 6.61. The van der Waals surface area contributed by atoms with Gasteiger partial charge in [0.1, 0.15) is 11.5 Å². The highest BCUT2D eigenvalue weighted by molar-refractivity contribution is 6.04. The van der Waals surface area contributed by atoms with Gasteiger partial charge in [-0.2, -0.15) is 0 Å². The topological polar surface area (TPSA) is 55.4 Å². The molecule has 1 unspecified atom stereocenters. The molecule has 0 bridgehead atoms. The first-order valence-corrected chi connectivity index (χ1v) is 13.4. The first-order valence-electron chi connectivity index (χ1n) is 13.4. The Balaban J connectivity index is 1.73. The number of nitrogens with one attached hydrogen (secondary N) is 1. The van der Waals surface area contributed by atoms with Crippen LogP contribution in [0.15, 0.2) is 36.4 Å². The van der Waals surface area contributed by atoms with Crippen LogP contribution in [-0.4, -0.2) is 24.8 Å². The van der Waals surface area contributed by atoms with Crippen molar-refractivity contribution in [3.8, 4) is 5.75 Å². The number of unbranched alkanes of at least 4 members (excludes halogenated alkanes) is 1. The van der Waals surface area contributed by atoms with E-state index in [4.69, 9.17) is 4.74 Å². The van der Waals surface area contributed by atoms with Crippen LogP contribution in [0, 0.1) is 11.3 Å². The van der Waals surface area contributed by atoms with E-state index in [0.29, 0.717) is 24.5 Å². The SMILES string of the molecule is CCCCC(CC)(CNC(=O)c1ccc2ccccc2c1OCCCC1CCCCC1)C(C)=O. The van der Waals surface area contributed by atoms with Crippen molar-refractivity contribution in [2.45, 2.75) is 91.4 Å². The summed E-state index contributed by atoms with van der Waals surface area (Å²) in [4.78, 5) is 25.9. The van der Waals surface area contributed by atoms with E-state index in [-0.39, 0.29) is 11.7 Å². The van der Waals surface area contributed by atoms with Crippen LogP contribution in [0.1, 0.15) is 102 Å². The molecule has 1 saturated carbocycles. The molecular formula is C30H43NO3. The second-order valence-corrected chi connectivity index (χ2v) is 10.1. The summed E-state index contributed by atoms with van der Waals surface area (Å²) in [6.07, 6.45) is 12.5. The molecule has 4 nitrogen and oxygen atoms in total. The minimum Gasteiger partial charge on any atom is -0.492 e. The molecule has 186 valence electrons. The van der Waals surface area contributed by atoms with E-state index in [1.54, 1.807) is 6.92 Å². The highest BCUT2D eigenvalue weighted by Gasteiger charge is 2.33. The molecule has 34 heavy (non-hydrogen) atoms. The molecular weight excluding hydrogens is 422 g/mol. The Labute approximate surface area is 205 Å². The lowest BCUT2D eigenvalue weighted by molar-refractivity contribution is -0.127. The lowest BCUT2D eigenvalue weighted by Crippen LogP contribution is -2.42. The van der Waals surface area contributed by atoms with E-state index >= 15 is 0 Å². The molecule has 0 aliphatic heterocycles. The second kappa shape index (κ2) is 12.9. The smallest absolute Gasteiger partial charge is 0.255 e. The molecule has 0 aromatic heterocycles. The van der Waals surface area contributed by atoms with E-state index in [0.717, 1.165) is 48.8 Å².